The topological polar surface area (TPSA) is 56.9 Å². The second-order valence-corrected chi connectivity index (χ2v) is 9.56. The molecule has 2 heterocycles. The van der Waals surface area contributed by atoms with Crippen LogP contribution in [0.5, 0.6) is 0 Å². The molecule has 1 atom stereocenters. The largest absolute Gasteiger partial charge is 0.335 e. The first-order valence-electron chi connectivity index (χ1n) is 7.58. The van der Waals surface area contributed by atoms with Gasteiger partial charge in [-0.05, 0) is 35.9 Å². The normalized spacial score (nSPS) is 10.9. The second-order valence-electron chi connectivity index (χ2n) is 5.08. The predicted octanol–water partition coefficient (Wildman–Crippen LogP) is 3.77. The van der Waals surface area contributed by atoms with E-state index >= 15 is 0 Å². The van der Waals surface area contributed by atoms with Gasteiger partial charge in [0.1, 0.15) is 3.74 Å². The maximum Gasteiger partial charge on any atom is 0.335 e. The fourth-order valence-corrected chi connectivity index (χ4v) is 4.63. The standard InChI is InChI=1S/C14H12Br2N3O2PS.C2H6/c1-6-3-11(20)19(14(21)18(6)2)8-4-7-10(5-9(8)22)23-17-12(7)13(15)16;1-2/h3-5,13H,22H2,1-2H3;1-2H3. The maximum atomic E-state index is 12.5. The quantitative estimate of drug-likeness (QED) is 0.392. The molecule has 0 aliphatic heterocycles. The van der Waals surface area contributed by atoms with Crippen molar-refractivity contribution in [2.24, 2.45) is 7.05 Å². The average molecular weight is 507 g/mol. The third-order valence-electron chi connectivity index (χ3n) is 3.65. The summed E-state index contributed by atoms with van der Waals surface area (Å²) in [6, 6.07) is 5.22. The number of nitrogens with zero attached hydrogens (tertiary/aromatic N) is 3. The Hall–Kier alpha value is -0.820. The molecule has 3 aromatic rings. The Morgan fingerprint density at radius 1 is 1.20 bits per heavy atom. The molecule has 0 saturated heterocycles. The van der Waals surface area contributed by atoms with Crippen LogP contribution in [0.2, 0.25) is 0 Å². The van der Waals surface area contributed by atoms with Crippen molar-refractivity contribution in [3.63, 3.8) is 0 Å². The zero-order valence-electron chi connectivity index (χ0n) is 14.2. The summed E-state index contributed by atoms with van der Waals surface area (Å²) in [6.07, 6.45) is 0. The molecule has 0 fully saturated rings. The third-order valence-corrected chi connectivity index (χ3v) is 5.81. The van der Waals surface area contributed by atoms with Gasteiger partial charge >= 0.3 is 5.69 Å². The lowest BCUT2D eigenvalue weighted by Gasteiger charge is -2.12. The van der Waals surface area contributed by atoms with Gasteiger partial charge in [-0.2, -0.15) is 4.37 Å². The Kier molecular flexibility index (Phi) is 6.76. The van der Waals surface area contributed by atoms with Crippen LogP contribution in [0.3, 0.4) is 0 Å². The van der Waals surface area contributed by atoms with Crippen LogP contribution in [0.15, 0.2) is 27.8 Å². The van der Waals surface area contributed by atoms with Crippen molar-refractivity contribution < 1.29 is 0 Å². The molecule has 0 bridgehead atoms. The maximum absolute atomic E-state index is 12.5. The minimum atomic E-state index is -0.364. The van der Waals surface area contributed by atoms with Gasteiger partial charge in [-0.1, -0.05) is 45.7 Å². The van der Waals surface area contributed by atoms with E-state index in [0.29, 0.717) is 11.4 Å². The molecule has 25 heavy (non-hydrogen) atoms. The van der Waals surface area contributed by atoms with E-state index in [4.69, 9.17) is 0 Å². The Balaban J connectivity index is 0.00000109. The summed E-state index contributed by atoms with van der Waals surface area (Å²) in [7, 11) is 4.24. The summed E-state index contributed by atoms with van der Waals surface area (Å²) in [4.78, 5) is 24.9. The van der Waals surface area contributed by atoms with Gasteiger partial charge in [-0.3, -0.25) is 4.79 Å². The highest BCUT2D eigenvalue weighted by Crippen LogP contribution is 2.36. The van der Waals surface area contributed by atoms with Gasteiger partial charge in [0, 0.05) is 24.2 Å². The second kappa shape index (κ2) is 8.25. The smallest absolute Gasteiger partial charge is 0.301 e. The lowest BCUT2D eigenvalue weighted by molar-refractivity contribution is 0.715. The molecule has 0 aliphatic carbocycles. The molecule has 1 aromatic carbocycles. The van der Waals surface area contributed by atoms with Crippen LogP contribution in [-0.2, 0) is 7.05 Å². The van der Waals surface area contributed by atoms with Crippen LogP contribution >= 0.6 is 52.6 Å². The number of rotatable bonds is 2. The summed E-state index contributed by atoms with van der Waals surface area (Å²) >= 11 is 8.29. The van der Waals surface area contributed by atoms with Gasteiger partial charge in [0.2, 0.25) is 0 Å². The van der Waals surface area contributed by atoms with Crippen molar-refractivity contribution in [2.75, 3.05) is 0 Å². The molecule has 5 nitrogen and oxygen atoms in total. The van der Waals surface area contributed by atoms with Crippen molar-refractivity contribution in [3.05, 3.63) is 50.4 Å². The molecule has 0 aliphatic rings. The zero-order valence-corrected chi connectivity index (χ0v) is 19.4. The lowest BCUT2D eigenvalue weighted by Crippen LogP contribution is -2.39. The summed E-state index contributed by atoms with van der Waals surface area (Å²) in [6.45, 7) is 5.74. The van der Waals surface area contributed by atoms with Crippen LogP contribution in [0, 0.1) is 6.92 Å². The van der Waals surface area contributed by atoms with E-state index in [1.807, 2.05) is 26.0 Å². The van der Waals surface area contributed by atoms with Gasteiger partial charge in [0.15, 0.2) is 0 Å². The van der Waals surface area contributed by atoms with Crippen molar-refractivity contribution in [3.8, 4) is 5.69 Å². The first kappa shape index (κ1) is 20.5. The lowest BCUT2D eigenvalue weighted by atomic mass is 10.2. The molecule has 9 heteroatoms. The monoisotopic (exact) mass is 505 g/mol. The van der Waals surface area contributed by atoms with E-state index in [0.717, 1.165) is 21.1 Å². The molecular formula is C16H18Br2N3O2PS. The number of alkyl halides is 2. The molecule has 0 N–H and O–H groups in total. The van der Waals surface area contributed by atoms with Crippen molar-refractivity contribution in [1.29, 1.82) is 0 Å². The van der Waals surface area contributed by atoms with Crippen LogP contribution in [0.1, 0.15) is 29.0 Å². The first-order chi connectivity index (χ1) is 11.8. The fraction of sp³-hybridized carbons (Fsp3) is 0.312. The van der Waals surface area contributed by atoms with Crippen molar-refractivity contribution in [2.45, 2.75) is 24.5 Å². The first-order valence-corrected chi connectivity index (χ1v) is 10.8. The zero-order chi connectivity index (χ0) is 18.9. The van der Waals surface area contributed by atoms with Crippen LogP contribution in [0.25, 0.3) is 15.8 Å². The number of hydrogen-bond acceptors (Lipinski definition) is 4. The fourth-order valence-electron chi connectivity index (χ4n) is 2.32. The summed E-state index contributed by atoms with van der Waals surface area (Å²) < 4.78 is 7.96. The van der Waals surface area contributed by atoms with E-state index in [1.165, 1.54) is 26.7 Å². The minimum absolute atomic E-state index is 0.0930. The summed E-state index contributed by atoms with van der Waals surface area (Å²) in [5, 5.41) is 1.68. The Bertz CT molecular complexity index is 1040. The van der Waals surface area contributed by atoms with Gasteiger partial charge in [0.25, 0.3) is 5.56 Å². The van der Waals surface area contributed by atoms with E-state index in [1.54, 1.807) is 14.0 Å². The number of fused-ring (bicyclic) bond motifs is 1. The molecular weight excluding hydrogens is 489 g/mol. The van der Waals surface area contributed by atoms with Crippen LogP contribution in [-0.4, -0.2) is 13.5 Å². The van der Waals surface area contributed by atoms with Gasteiger partial charge in [-0.15, -0.1) is 9.24 Å². The van der Waals surface area contributed by atoms with Crippen LogP contribution in [0.4, 0.5) is 0 Å². The number of aryl methyl sites for hydroxylation is 1. The highest BCUT2D eigenvalue weighted by molar-refractivity contribution is 9.24. The highest BCUT2D eigenvalue weighted by atomic mass is 79.9. The molecule has 0 amide bonds. The molecule has 134 valence electrons. The Morgan fingerprint density at radius 3 is 2.44 bits per heavy atom. The molecule has 0 saturated carbocycles. The summed E-state index contributed by atoms with van der Waals surface area (Å²) in [5.41, 5.74) is 1.30. The van der Waals surface area contributed by atoms with Gasteiger partial charge in [0.05, 0.1) is 16.1 Å². The summed E-state index contributed by atoms with van der Waals surface area (Å²) in [5.74, 6) is 0. The Morgan fingerprint density at radius 2 is 1.84 bits per heavy atom. The number of benzene rings is 1. The molecule has 2 aromatic heterocycles. The van der Waals surface area contributed by atoms with Gasteiger partial charge in [-0.25, -0.2) is 9.36 Å². The van der Waals surface area contributed by atoms with Crippen LogP contribution < -0.4 is 16.6 Å². The van der Waals surface area contributed by atoms with Crippen molar-refractivity contribution >= 4 is 68.0 Å². The molecule has 3 rings (SSSR count). The van der Waals surface area contributed by atoms with Crippen molar-refractivity contribution in [1.82, 2.24) is 13.5 Å². The van der Waals surface area contributed by atoms with E-state index in [2.05, 4.69) is 45.5 Å². The number of hydrogen-bond donors (Lipinski definition) is 0. The van der Waals surface area contributed by atoms with E-state index < -0.39 is 0 Å². The van der Waals surface area contributed by atoms with E-state index in [-0.39, 0.29) is 15.0 Å². The SMILES string of the molecule is CC.Cc1cc(=O)n(-c2cc3c(C(Br)Br)nsc3cc2P)c(=O)n1C. The predicted molar refractivity (Wildman–Crippen MR) is 116 cm³/mol. The Labute approximate surface area is 168 Å². The minimum Gasteiger partial charge on any atom is -0.301 e. The highest BCUT2D eigenvalue weighted by Gasteiger charge is 2.17. The number of halogens is 2. The third kappa shape index (κ3) is 3.82. The molecule has 0 spiro atoms. The van der Waals surface area contributed by atoms with Gasteiger partial charge < -0.3 is 4.57 Å². The molecule has 1 unspecified atom stereocenters. The number of aromatic nitrogens is 3. The average Bonchev–Trinajstić information content (AvgIpc) is 2.97. The van der Waals surface area contributed by atoms with E-state index in [9.17, 15) is 9.59 Å². The molecule has 0 radical (unpaired) electrons.